The van der Waals surface area contributed by atoms with E-state index in [0.29, 0.717) is 23.7 Å². The molecule has 4 aliphatic heterocycles. The molecule has 426 valence electrons. The average Bonchev–Trinajstić information content (AvgIpc) is 3.35. The molecule has 21 nitrogen and oxygen atoms in total. The first-order chi connectivity index (χ1) is 34.8. The molecule has 0 aromatic heterocycles. The third-order valence-electron chi connectivity index (χ3n) is 20.9. The van der Waals surface area contributed by atoms with Gasteiger partial charge in [0.15, 0.2) is 25.2 Å². The van der Waals surface area contributed by atoms with Crippen molar-refractivity contribution in [2.75, 3.05) is 26.4 Å². The second-order valence-electron chi connectivity index (χ2n) is 25.7. The summed E-state index contributed by atoms with van der Waals surface area (Å²) in [6.45, 7) is 13.5. The maximum absolute atomic E-state index is 12.0. The molecule has 0 aromatic carbocycles. The minimum absolute atomic E-state index is 0.0697. The Kier molecular flexibility index (Phi) is 16.7. The van der Waals surface area contributed by atoms with Gasteiger partial charge in [-0.1, -0.05) is 60.1 Å². The van der Waals surface area contributed by atoms with Crippen LogP contribution in [0, 0.1) is 50.7 Å². The first-order valence-electron chi connectivity index (χ1n) is 27.3. The number of hydrogen-bond acceptors (Lipinski definition) is 21. The Bertz CT molecular complexity index is 1960. The van der Waals surface area contributed by atoms with E-state index in [4.69, 9.17) is 37.9 Å². The van der Waals surface area contributed by atoms with Crippen molar-refractivity contribution in [2.24, 2.45) is 50.7 Å². The van der Waals surface area contributed by atoms with Gasteiger partial charge < -0.3 is 104 Å². The lowest BCUT2D eigenvalue weighted by Crippen LogP contribution is -2.69. The predicted octanol–water partition coefficient (Wildman–Crippen LogP) is -0.924. The van der Waals surface area contributed by atoms with Crippen LogP contribution in [0.25, 0.3) is 0 Å². The number of allylic oxidation sites excluding steroid dienone is 2. The van der Waals surface area contributed by atoms with Gasteiger partial charge in [-0.25, -0.2) is 0 Å². The number of fused-ring (bicyclic) bond motifs is 7. The molecule has 0 amide bonds. The monoisotopic (exact) mass is 1060 g/mol. The highest BCUT2D eigenvalue weighted by molar-refractivity contribution is 5.32. The molecule has 5 aliphatic carbocycles. The second kappa shape index (κ2) is 21.4. The molecule has 4 saturated carbocycles. The van der Waals surface area contributed by atoms with E-state index in [1.807, 2.05) is 0 Å². The van der Waals surface area contributed by atoms with Crippen LogP contribution in [0.15, 0.2) is 11.6 Å². The van der Waals surface area contributed by atoms with E-state index in [0.717, 1.165) is 31.6 Å². The molecule has 74 heavy (non-hydrogen) atoms. The lowest BCUT2D eigenvalue weighted by molar-refractivity contribution is -0.405. The lowest BCUT2D eigenvalue weighted by atomic mass is 9.34. The summed E-state index contributed by atoms with van der Waals surface area (Å²) in [4.78, 5) is 0. The molecule has 1 unspecified atom stereocenters. The molecule has 0 bridgehead atoms. The zero-order valence-corrected chi connectivity index (χ0v) is 44.0. The SMILES string of the molecule is CC1(C)CCC2CC[C@]3(C)C(=CC[C@@H]4[C@@]5(C)CC[C@H](O[C@@H]6O[C@H](CO)[C@@H](O)[C@H](O[C@@H]7O[C@H](CO)[C@@H](O)[C@H](O[C@@H]8O[C@H](CO)[C@@H](O)[C@H](O)[C@H]8O)[C@H]7O)[C@H]6O[C@@H]6O[C@H](CO)[C@@H](O)[C@H](O)[C@H]6O)C(C)(C)[C@@H]5CC[C@]43C)[C@@H]2C1. The molecule has 21 heteroatoms. The maximum atomic E-state index is 12.0. The molecule has 4 heterocycles. The highest BCUT2D eigenvalue weighted by Crippen LogP contribution is 2.74. The molecule has 9 aliphatic rings. The minimum Gasteiger partial charge on any atom is -0.394 e. The smallest absolute Gasteiger partial charge is 0.187 e. The van der Waals surface area contributed by atoms with Gasteiger partial charge >= 0.3 is 0 Å². The van der Waals surface area contributed by atoms with Crippen LogP contribution in [-0.2, 0) is 37.9 Å². The average molecular weight is 1060 g/mol. The third-order valence-corrected chi connectivity index (χ3v) is 20.9. The van der Waals surface area contributed by atoms with Crippen LogP contribution in [-0.4, -0.2) is 222 Å². The fourth-order valence-corrected chi connectivity index (χ4v) is 16.3. The first-order valence-corrected chi connectivity index (χ1v) is 27.3. The van der Waals surface area contributed by atoms with Crippen molar-refractivity contribution in [1.82, 2.24) is 0 Å². The Morgan fingerprint density at radius 2 is 0.959 bits per heavy atom. The summed E-state index contributed by atoms with van der Waals surface area (Å²) in [6, 6.07) is 0. The summed E-state index contributed by atoms with van der Waals surface area (Å²) >= 11 is 0. The van der Waals surface area contributed by atoms with E-state index in [-0.39, 0.29) is 22.2 Å². The van der Waals surface area contributed by atoms with E-state index in [2.05, 4.69) is 54.5 Å². The zero-order chi connectivity index (χ0) is 53.8. The Morgan fingerprint density at radius 3 is 1.53 bits per heavy atom. The van der Waals surface area contributed by atoms with Gasteiger partial charge in [-0.3, -0.25) is 0 Å². The fraction of sp³-hybridized carbons (Fsp3) is 0.962. The largest absolute Gasteiger partial charge is 0.394 e. The fourth-order valence-electron chi connectivity index (χ4n) is 16.3. The quantitative estimate of drug-likeness (QED) is 0.0830. The molecule has 13 N–H and O–H groups in total. The zero-order valence-electron chi connectivity index (χ0n) is 44.0. The molecule has 0 spiro atoms. The topological polar surface area (TPSA) is 337 Å². The second-order valence-corrected chi connectivity index (χ2v) is 25.7. The standard InChI is InChI=1S/C53H88O21/c1-49(2)14-10-23-11-16-52(6)25(24(23)18-49)8-9-31-51(5)15-13-32(50(3,4)30(51)12-17-53(31,52)7)71-48-44(74-46-40(65)38(63)34(59)27(20-55)68-46)43(36(61)29(22-57)70-48)73-47-41(66)42(35(60)28(21-56)69-47)72-45-39(64)37(62)33(58)26(19-54)67-45/h8,23-24,26-48,54-66H,9-22H2,1-7H3/t23?,24-,26-,27-,28-,29-,30+,31-,32+,33-,34-,35-,36-,37+,38+,39-,40-,41-,42+,43+,44-,45+,46+,47+,48+,51+,52-,53-/m1/s1. The van der Waals surface area contributed by atoms with E-state index in [9.17, 15) is 66.4 Å². The van der Waals surface area contributed by atoms with E-state index < -0.39 is 161 Å². The Morgan fingerprint density at radius 1 is 0.473 bits per heavy atom. The van der Waals surface area contributed by atoms with Crippen molar-refractivity contribution in [3.8, 4) is 0 Å². The lowest BCUT2D eigenvalue weighted by Gasteiger charge is -2.70. The maximum Gasteiger partial charge on any atom is 0.187 e. The molecule has 28 atom stereocenters. The molecule has 0 radical (unpaired) electrons. The van der Waals surface area contributed by atoms with Crippen molar-refractivity contribution >= 4 is 0 Å². The van der Waals surface area contributed by atoms with E-state index >= 15 is 0 Å². The normalized spacial score (nSPS) is 54.2. The summed E-state index contributed by atoms with van der Waals surface area (Å²) in [5, 5.41) is 141. The number of rotatable bonds is 12. The predicted molar refractivity (Wildman–Crippen MR) is 257 cm³/mol. The van der Waals surface area contributed by atoms with Crippen LogP contribution in [0.3, 0.4) is 0 Å². The van der Waals surface area contributed by atoms with Crippen molar-refractivity contribution in [3.05, 3.63) is 11.6 Å². The van der Waals surface area contributed by atoms with Gasteiger partial charge in [0.25, 0.3) is 0 Å². The molecule has 9 rings (SSSR count). The highest BCUT2D eigenvalue weighted by atomic mass is 16.8. The van der Waals surface area contributed by atoms with Crippen LogP contribution < -0.4 is 0 Å². The number of hydrogen-bond donors (Lipinski definition) is 13. The van der Waals surface area contributed by atoms with Crippen molar-refractivity contribution in [3.63, 3.8) is 0 Å². The van der Waals surface area contributed by atoms with E-state index in [1.165, 1.54) is 32.1 Å². The molecule has 0 aromatic rings. The van der Waals surface area contributed by atoms with Gasteiger partial charge in [-0.15, -0.1) is 0 Å². The van der Waals surface area contributed by atoms with Gasteiger partial charge in [0.2, 0.25) is 0 Å². The summed E-state index contributed by atoms with van der Waals surface area (Å²) in [5.41, 5.74) is 1.55. The Labute approximate surface area is 433 Å². The first kappa shape index (κ1) is 57.6. The summed E-state index contributed by atoms with van der Waals surface area (Å²) in [6.07, 6.45) is -22.5. The number of aliphatic hydroxyl groups is 13. The molecule has 8 fully saturated rings. The summed E-state index contributed by atoms with van der Waals surface area (Å²) in [7, 11) is 0. The van der Waals surface area contributed by atoms with Crippen LogP contribution in [0.2, 0.25) is 0 Å². The Hall–Kier alpha value is -1.10. The molecular weight excluding hydrogens is 973 g/mol. The summed E-state index contributed by atoms with van der Waals surface area (Å²) in [5.74, 6) is 1.93. The molecule has 4 saturated heterocycles. The van der Waals surface area contributed by atoms with Gasteiger partial charge in [-0.05, 0) is 115 Å². The Balaban J connectivity index is 1.01. The third kappa shape index (κ3) is 9.61. The van der Waals surface area contributed by atoms with Crippen LogP contribution in [0.4, 0.5) is 0 Å². The van der Waals surface area contributed by atoms with Gasteiger partial charge in [0.05, 0.1) is 32.5 Å². The minimum atomic E-state index is -2.06. The van der Waals surface area contributed by atoms with Crippen LogP contribution >= 0.6 is 0 Å². The van der Waals surface area contributed by atoms with Gasteiger partial charge in [-0.2, -0.15) is 0 Å². The van der Waals surface area contributed by atoms with Crippen molar-refractivity contribution in [2.45, 2.75) is 242 Å². The van der Waals surface area contributed by atoms with Crippen LogP contribution in [0.1, 0.15) is 113 Å². The molecular formula is C53H88O21. The van der Waals surface area contributed by atoms with Gasteiger partial charge in [0.1, 0.15) is 97.7 Å². The van der Waals surface area contributed by atoms with Crippen LogP contribution in [0.5, 0.6) is 0 Å². The number of aliphatic hydroxyl groups excluding tert-OH is 13. The highest BCUT2D eigenvalue weighted by Gasteiger charge is 2.68. The van der Waals surface area contributed by atoms with Crippen molar-refractivity contribution in [1.29, 1.82) is 0 Å². The van der Waals surface area contributed by atoms with Crippen molar-refractivity contribution < 1.29 is 104 Å². The van der Waals surface area contributed by atoms with E-state index in [1.54, 1.807) is 5.57 Å². The summed E-state index contributed by atoms with van der Waals surface area (Å²) < 4.78 is 49.1. The van der Waals surface area contributed by atoms with Gasteiger partial charge in [0, 0.05) is 0 Å². The number of ether oxygens (including phenoxy) is 8.